The highest BCUT2D eigenvalue weighted by molar-refractivity contribution is 6.28. The Morgan fingerprint density at radius 3 is 2.40 bits per heavy atom. The first-order valence-corrected chi connectivity index (χ1v) is 3.23. The van der Waals surface area contributed by atoms with E-state index in [1.165, 1.54) is 12.4 Å². The molecule has 0 unspecified atom stereocenters. The van der Waals surface area contributed by atoms with Gasteiger partial charge in [-0.2, -0.15) is 0 Å². The van der Waals surface area contributed by atoms with Gasteiger partial charge >= 0.3 is 0 Å². The molecule has 1 heterocycles. The molecule has 3 nitrogen and oxygen atoms in total. The molecule has 0 aliphatic carbocycles. The SMILES string of the molecule is C[C@@H](O)c1cnc(Cl)nc1. The fraction of sp³-hybridized carbons (Fsp3) is 0.333. The molecule has 1 N–H and O–H groups in total. The molecule has 1 aromatic rings. The van der Waals surface area contributed by atoms with Crippen LogP contribution in [0.3, 0.4) is 0 Å². The maximum atomic E-state index is 8.99. The average Bonchev–Trinajstić information content (AvgIpc) is 1.88. The van der Waals surface area contributed by atoms with Crippen LogP contribution in [0.25, 0.3) is 0 Å². The van der Waals surface area contributed by atoms with Gasteiger partial charge < -0.3 is 5.11 Å². The van der Waals surface area contributed by atoms with Crippen molar-refractivity contribution in [3.05, 3.63) is 23.2 Å². The van der Waals surface area contributed by atoms with E-state index in [1.807, 2.05) is 0 Å². The van der Waals surface area contributed by atoms with E-state index >= 15 is 0 Å². The maximum absolute atomic E-state index is 8.99. The fourth-order valence-electron chi connectivity index (χ4n) is 0.538. The lowest BCUT2D eigenvalue weighted by Gasteiger charge is -2.00. The van der Waals surface area contributed by atoms with E-state index in [-0.39, 0.29) is 5.28 Å². The fourth-order valence-corrected chi connectivity index (χ4v) is 0.636. The molecule has 0 amide bonds. The molecule has 4 heteroatoms. The molecule has 0 bridgehead atoms. The third-order valence-electron chi connectivity index (χ3n) is 1.12. The Hall–Kier alpha value is -0.670. The normalized spacial score (nSPS) is 13.1. The van der Waals surface area contributed by atoms with E-state index in [0.717, 1.165) is 0 Å². The van der Waals surface area contributed by atoms with Crippen molar-refractivity contribution >= 4 is 11.6 Å². The summed E-state index contributed by atoms with van der Waals surface area (Å²) in [5, 5.41) is 9.19. The van der Waals surface area contributed by atoms with Crippen LogP contribution in [-0.4, -0.2) is 15.1 Å². The third-order valence-corrected chi connectivity index (χ3v) is 1.32. The minimum Gasteiger partial charge on any atom is -0.389 e. The summed E-state index contributed by atoms with van der Waals surface area (Å²) in [5.41, 5.74) is 0.671. The van der Waals surface area contributed by atoms with E-state index in [2.05, 4.69) is 9.97 Å². The molecule has 0 aliphatic rings. The van der Waals surface area contributed by atoms with Crippen molar-refractivity contribution in [3.63, 3.8) is 0 Å². The largest absolute Gasteiger partial charge is 0.389 e. The lowest BCUT2D eigenvalue weighted by atomic mass is 10.2. The van der Waals surface area contributed by atoms with Crippen LogP contribution >= 0.6 is 11.6 Å². The number of halogens is 1. The van der Waals surface area contributed by atoms with Crippen LogP contribution in [0.5, 0.6) is 0 Å². The van der Waals surface area contributed by atoms with Gasteiger partial charge in [0.25, 0.3) is 0 Å². The molecule has 0 aromatic carbocycles. The zero-order chi connectivity index (χ0) is 7.56. The van der Waals surface area contributed by atoms with Crippen molar-refractivity contribution < 1.29 is 5.11 Å². The number of aromatic nitrogens is 2. The number of rotatable bonds is 1. The molecule has 54 valence electrons. The molecular weight excluding hydrogens is 152 g/mol. The van der Waals surface area contributed by atoms with Crippen LogP contribution in [0.4, 0.5) is 0 Å². The Bertz CT molecular complexity index is 209. The van der Waals surface area contributed by atoms with Crippen molar-refractivity contribution in [1.29, 1.82) is 0 Å². The molecule has 1 atom stereocenters. The van der Waals surface area contributed by atoms with Gasteiger partial charge in [-0.25, -0.2) is 9.97 Å². The third kappa shape index (κ3) is 1.65. The minimum absolute atomic E-state index is 0.199. The predicted octanol–water partition coefficient (Wildman–Crippen LogP) is 1.18. The van der Waals surface area contributed by atoms with Gasteiger partial charge in [-0.1, -0.05) is 0 Å². The second-order valence-electron chi connectivity index (χ2n) is 1.96. The second-order valence-corrected chi connectivity index (χ2v) is 2.30. The van der Waals surface area contributed by atoms with Gasteiger partial charge in [0.2, 0.25) is 5.28 Å². The first-order chi connectivity index (χ1) is 4.70. The smallest absolute Gasteiger partial charge is 0.222 e. The molecule has 0 radical (unpaired) electrons. The number of nitrogens with zero attached hydrogens (tertiary/aromatic N) is 2. The number of aliphatic hydroxyl groups is 1. The zero-order valence-corrected chi connectivity index (χ0v) is 6.21. The first kappa shape index (κ1) is 7.44. The van der Waals surface area contributed by atoms with Gasteiger partial charge in [0.05, 0.1) is 6.10 Å². The highest BCUT2D eigenvalue weighted by Gasteiger charge is 1.99. The second kappa shape index (κ2) is 2.94. The molecule has 1 rings (SSSR count). The number of hydrogen-bond acceptors (Lipinski definition) is 3. The van der Waals surface area contributed by atoms with Gasteiger partial charge in [-0.05, 0) is 18.5 Å². The Kier molecular flexibility index (Phi) is 2.19. The Balaban J connectivity index is 2.89. The molecule has 0 aliphatic heterocycles. The Morgan fingerprint density at radius 2 is 2.00 bits per heavy atom. The van der Waals surface area contributed by atoms with Gasteiger partial charge in [-0.3, -0.25) is 0 Å². The highest BCUT2D eigenvalue weighted by atomic mass is 35.5. The summed E-state index contributed by atoms with van der Waals surface area (Å²) in [5.74, 6) is 0. The summed E-state index contributed by atoms with van der Waals surface area (Å²) < 4.78 is 0. The van der Waals surface area contributed by atoms with Crippen molar-refractivity contribution in [1.82, 2.24) is 9.97 Å². The molecule has 0 saturated carbocycles. The minimum atomic E-state index is -0.530. The standard InChI is InChI=1S/C6H7ClN2O/c1-4(10)5-2-8-6(7)9-3-5/h2-4,10H,1H3/t4-/m1/s1. The van der Waals surface area contributed by atoms with Crippen LogP contribution in [-0.2, 0) is 0 Å². The van der Waals surface area contributed by atoms with Crippen LogP contribution in [0.2, 0.25) is 5.28 Å². The van der Waals surface area contributed by atoms with E-state index in [9.17, 15) is 0 Å². The van der Waals surface area contributed by atoms with Crippen LogP contribution in [0, 0.1) is 0 Å². The van der Waals surface area contributed by atoms with Crippen LogP contribution < -0.4 is 0 Å². The van der Waals surface area contributed by atoms with Gasteiger partial charge in [0.15, 0.2) is 0 Å². The monoisotopic (exact) mass is 158 g/mol. The summed E-state index contributed by atoms with van der Waals surface area (Å²) in [6.45, 7) is 1.65. The average molecular weight is 159 g/mol. The van der Waals surface area contributed by atoms with E-state index in [1.54, 1.807) is 6.92 Å². The van der Waals surface area contributed by atoms with Crippen molar-refractivity contribution in [2.24, 2.45) is 0 Å². The number of hydrogen-bond donors (Lipinski definition) is 1. The number of aliphatic hydroxyl groups excluding tert-OH is 1. The van der Waals surface area contributed by atoms with E-state index in [0.29, 0.717) is 5.56 Å². The highest BCUT2D eigenvalue weighted by Crippen LogP contribution is 2.09. The summed E-state index contributed by atoms with van der Waals surface area (Å²) >= 11 is 5.41. The molecule has 0 saturated heterocycles. The zero-order valence-electron chi connectivity index (χ0n) is 5.45. The van der Waals surface area contributed by atoms with Crippen molar-refractivity contribution in [2.75, 3.05) is 0 Å². The van der Waals surface area contributed by atoms with Crippen LogP contribution in [0.15, 0.2) is 12.4 Å². The molecule has 0 spiro atoms. The lowest BCUT2D eigenvalue weighted by molar-refractivity contribution is 0.198. The molecule has 0 fully saturated rings. The van der Waals surface area contributed by atoms with Gasteiger partial charge in [0.1, 0.15) is 0 Å². The summed E-state index contributed by atoms with van der Waals surface area (Å²) in [4.78, 5) is 7.39. The van der Waals surface area contributed by atoms with Gasteiger partial charge in [-0.15, -0.1) is 0 Å². The van der Waals surface area contributed by atoms with E-state index < -0.39 is 6.10 Å². The maximum Gasteiger partial charge on any atom is 0.222 e. The quantitative estimate of drug-likeness (QED) is 0.625. The molecular formula is C6H7ClN2O. The van der Waals surface area contributed by atoms with Gasteiger partial charge in [0, 0.05) is 18.0 Å². The first-order valence-electron chi connectivity index (χ1n) is 2.85. The summed E-state index contributed by atoms with van der Waals surface area (Å²) in [6.07, 6.45) is 2.47. The van der Waals surface area contributed by atoms with Crippen LogP contribution in [0.1, 0.15) is 18.6 Å². The molecule has 10 heavy (non-hydrogen) atoms. The van der Waals surface area contributed by atoms with E-state index in [4.69, 9.17) is 16.7 Å². The topological polar surface area (TPSA) is 46.0 Å². The Labute approximate surface area is 63.7 Å². The lowest BCUT2D eigenvalue weighted by Crippen LogP contribution is -1.93. The predicted molar refractivity (Wildman–Crippen MR) is 37.7 cm³/mol. The molecule has 1 aromatic heterocycles. The Morgan fingerprint density at radius 1 is 1.50 bits per heavy atom. The van der Waals surface area contributed by atoms with Crippen molar-refractivity contribution in [3.8, 4) is 0 Å². The summed E-state index contributed by atoms with van der Waals surface area (Å²) in [7, 11) is 0. The summed E-state index contributed by atoms with van der Waals surface area (Å²) in [6, 6.07) is 0. The van der Waals surface area contributed by atoms with Crippen molar-refractivity contribution in [2.45, 2.75) is 13.0 Å².